The zero-order chi connectivity index (χ0) is 8.81. The van der Waals surface area contributed by atoms with E-state index in [2.05, 4.69) is 4.98 Å². The molecule has 0 bridgehead atoms. The third-order valence-electron chi connectivity index (χ3n) is 1.17. The lowest BCUT2D eigenvalue weighted by atomic mass is 10.4. The summed E-state index contributed by atoms with van der Waals surface area (Å²) in [5.74, 6) is -0.394. The Morgan fingerprint density at radius 3 is 3.17 bits per heavy atom. The largest absolute Gasteiger partial charge is 0.356 e. The van der Waals surface area contributed by atoms with E-state index < -0.39 is 5.97 Å². The van der Waals surface area contributed by atoms with Crippen LogP contribution in [0.25, 0.3) is 0 Å². The summed E-state index contributed by atoms with van der Waals surface area (Å²) in [4.78, 5) is 19.4. The average molecular weight is 166 g/mol. The molecular formula is C8H10N2O2. The molecule has 0 aromatic carbocycles. The van der Waals surface area contributed by atoms with Crippen LogP contribution in [0.3, 0.4) is 0 Å². The van der Waals surface area contributed by atoms with Gasteiger partial charge in [-0.05, 0) is 6.42 Å². The summed E-state index contributed by atoms with van der Waals surface area (Å²) in [5, 5.41) is 0. The summed E-state index contributed by atoms with van der Waals surface area (Å²) in [7, 11) is 0. The van der Waals surface area contributed by atoms with Gasteiger partial charge < -0.3 is 4.84 Å². The van der Waals surface area contributed by atoms with Crippen LogP contribution in [-0.2, 0) is 4.79 Å². The number of hydrogen-bond acceptors (Lipinski definition) is 3. The molecule has 1 aromatic heterocycles. The molecule has 4 heteroatoms. The van der Waals surface area contributed by atoms with Crippen LogP contribution in [0.4, 0.5) is 0 Å². The molecule has 0 aliphatic heterocycles. The first-order valence-corrected chi connectivity index (χ1v) is 3.69. The van der Waals surface area contributed by atoms with E-state index in [0.29, 0.717) is 0 Å². The van der Waals surface area contributed by atoms with Crippen LogP contribution >= 0.6 is 0 Å². The number of carbonyl (C=O) groups excluding carboxylic acids is 1. The smallest absolute Gasteiger partial charge is 0.331 e. The molecule has 0 saturated heterocycles. The van der Waals surface area contributed by atoms with E-state index in [1.807, 2.05) is 6.92 Å². The standard InChI is InChI=1S/C8H10N2O2/c1-2-3-4-8(11)12-10-6-5-9-7-10/h3-7H,2H2,1H3. The highest BCUT2D eigenvalue weighted by molar-refractivity contribution is 5.82. The fourth-order valence-electron chi connectivity index (χ4n) is 0.649. The molecule has 0 saturated carbocycles. The second kappa shape index (κ2) is 4.33. The van der Waals surface area contributed by atoms with Crippen molar-refractivity contribution < 1.29 is 9.63 Å². The molecule has 4 nitrogen and oxygen atoms in total. The fourth-order valence-corrected chi connectivity index (χ4v) is 0.649. The van der Waals surface area contributed by atoms with Gasteiger partial charge in [-0.3, -0.25) is 0 Å². The minimum absolute atomic E-state index is 0.394. The van der Waals surface area contributed by atoms with Gasteiger partial charge in [-0.25, -0.2) is 9.78 Å². The molecule has 1 rings (SSSR count). The molecule has 0 unspecified atom stereocenters. The van der Waals surface area contributed by atoms with Crippen molar-refractivity contribution in [2.75, 3.05) is 0 Å². The minimum Gasteiger partial charge on any atom is -0.331 e. The molecular weight excluding hydrogens is 156 g/mol. The third-order valence-corrected chi connectivity index (χ3v) is 1.17. The van der Waals surface area contributed by atoms with Gasteiger partial charge in [0.15, 0.2) is 0 Å². The molecule has 0 aliphatic carbocycles. The highest BCUT2D eigenvalue weighted by atomic mass is 16.7. The second-order valence-corrected chi connectivity index (χ2v) is 2.14. The fraction of sp³-hybridized carbons (Fsp3) is 0.250. The lowest BCUT2D eigenvalue weighted by molar-refractivity contribution is -0.138. The van der Waals surface area contributed by atoms with Crippen molar-refractivity contribution in [3.8, 4) is 0 Å². The normalized spacial score (nSPS) is 10.4. The van der Waals surface area contributed by atoms with Gasteiger partial charge in [0, 0.05) is 12.3 Å². The first-order chi connectivity index (χ1) is 5.83. The number of nitrogens with zero attached hydrogens (tertiary/aromatic N) is 2. The first-order valence-electron chi connectivity index (χ1n) is 3.69. The Hall–Kier alpha value is -1.58. The molecule has 1 aromatic rings. The zero-order valence-corrected chi connectivity index (χ0v) is 6.80. The predicted octanol–water partition coefficient (Wildman–Crippen LogP) is 0.805. The molecule has 64 valence electrons. The van der Waals surface area contributed by atoms with Gasteiger partial charge in [-0.15, -0.1) is 0 Å². The predicted molar refractivity (Wildman–Crippen MR) is 43.2 cm³/mol. The van der Waals surface area contributed by atoms with E-state index in [0.717, 1.165) is 6.42 Å². The molecule has 0 radical (unpaired) electrons. The lowest BCUT2D eigenvalue weighted by Crippen LogP contribution is -2.15. The van der Waals surface area contributed by atoms with Crippen molar-refractivity contribution >= 4 is 5.97 Å². The molecule has 0 fully saturated rings. The quantitative estimate of drug-likeness (QED) is 0.624. The second-order valence-electron chi connectivity index (χ2n) is 2.14. The van der Waals surface area contributed by atoms with E-state index in [4.69, 9.17) is 4.84 Å². The van der Waals surface area contributed by atoms with Crippen LogP contribution in [0, 0.1) is 0 Å². The maximum atomic E-state index is 10.9. The third kappa shape index (κ3) is 2.57. The van der Waals surface area contributed by atoms with Crippen molar-refractivity contribution in [1.29, 1.82) is 0 Å². The van der Waals surface area contributed by atoms with Crippen molar-refractivity contribution in [2.45, 2.75) is 13.3 Å². The number of imidazole rings is 1. The number of hydrogen-bond donors (Lipinski definition) is 0. The van der Waals surface area contributed by atoms with Gasteiger partial charge in [0.1, 0.15) is 6.33 Å². The Bertz CT molecular complexity index is 265. The number of rotatable bonds is 3. The van der Waals surface area contributed by atoms with Crippen molar-refractivity contribution in [3.63, 3.8) is 0 Å². The Morgan fingerprint density at radius 2 is 2.58 bits per heavy atom. The number of allylic oxidation sites excluding steroid dienone is 1. The monoisotopic (exact) mass is 166 g/mol. The molecule has 0 N–H and O–H groups in total. The van der Waals surface area contributed by atoms with Crippen LogP contribution < -0.4 is 4.84 Å². The van der Waals surface area contributed by atoms with E-state index in [9.17, 15) is 4.79 Å². The summed E-state index contributed by atoms with van der Waals surface area (Å²) in [6.07, 6.45) is 8.45. The topological polar surface area (TPSA) is 44.1 Å². The van der Waals surface area contributed by atoms with Gasteiger partial charge in [0.2, 0.25) is 0 Å². The maximum Gasteiger partial charge on any atom is 0.356 e. The van der Waals surface area contributed by atoms with Crippen LogP contribution in [0.5, 0.6) is 0 Å². The summed E-state index contributed by atoms with van der Waals surface area (Å²) in [6, 6.07) is 0. The van der Waals surface area contributed by atoms with Crippen LogP contribution in [0.2, 0.25) is 0 Å². The number of carbonyl (C=O) groups is 1. The highest BCUT2D eigenvalue weighted by Gasteiger charge is 1.96. The van der Waals surface area contributed by atoms with Gasteiger partial charge in [-0.2, -0.15) is 4.73 Å². The molecule has 0 spiro atoms. The Labute approximate surface area is 70.4 Å². The molecule has 0 atom stereocenters. The van der Waals surface area contributed by atoms with E-state index >= 15 is 0 Å². The van der Waals surface area contributed by atoms with Crippen molar-refractivity contribution in [1.82, 2.24) is 9.71 Å². The lowest BCUT2D eigenvalue weighted by Gasteiger charge is -1.97. The summed E-state index contributed by atoms with van der Waals surface area (Å²) >= 11 is 0. The van der Waals surface area contributed by atoms with Crippen LogP contribution in [0.15, 0.2) is 30.9 Å². The van der Waals surface area contributed by atoms with E-state index in [1.54, 1.807) is 12.3 Å². The van der Waals surface area contributed by atoms with Crippen LogP contribution in [0.1, 0.15) is 13.3 Å². The molecule has 0 amide bonds. The summed E-state index contributed by atoms with van der Waals surface area (Å²) in [5.41, 5.74) is 0. The van der Waals surface area contributed by atoms with E-state index in [1.165, 1.54) is 23.3 Å². The minimum atomic E-state index is -0.394. The molecule has 12 heavy (non-hydrogen) atoms. The van der Waals surface area contributed by atoms with Gasteiger partial charge >= 0.3 is 5.97 Å². The summed E-state index contributed by atoms with van der Waals surface area (Å²) < 4.78 is 1.25. The van der Waals surface area contributed by atoms with Crippen LogP contribution in [-0.4, -0.2) is 15.7 Å². The van der Waals surface area contributed by atoms with Gasteiger partial charge in [-0.1, -0.05) is 13.0 Å². The molecule has 1 heterocycles. The highest BCUT2D eigenvalue weighted by Crippen LogP contribution is 1.84. The Morgan fingerprint density at radius 1 is 1.75 bits per heavy atom. The average Bonchev–Trinajstić information content (AvgIpc) is 2.53. The van der Waals surface area contributed by atoms with Crippen molar-refractivity contribution in [3.05, 3.63) is 30.9 Å². The maximum absolute atomic E-state index is 10.9. The summed E-state index contributed by atoms with van der Waals surface area (Å²) in [6.45, 7) is 1.95. The SMILES string of the molecule is CCC=CC(=O)On1ccnc1. The van der Waals surface area contributed by atoms with Crippen molar-refractivity contribution in [2.24, 2.45) is 0 Å². The number of aromatic nitrogens is 2. The Balaban J connectivity index is 2.42. The first kappa shape index (κ1) is 8.52. The molecule has 0 aliphatic rings. The Kier molecular flexibility index (Phi) is 3.07. The zero-order valence-electron chi connectivity index (χ0n) is 6.80. The van der Waals surface area contributed by atoms with E-state index in [-0.39, 0.29) is 0 Å². The van der Waals surface area contributed by atoms with Gasteiger partial charge in [0.05, 0.1) is 6.20 Å². The van der Waals surface area contributed by atoms with Gasteiger partial charge in [0.25, 0.3) is 0 Å².